The van der Waals surface area contributed by atoms with E-state index in [0.29, 0.717) is 16.0 Å². The molecule has 28 heavy (non-hydrogen) atoms. The van der Waals surface area contributed by atoms with Crippen LogP contribution in [0.4, 0.5) is 18.2 Å². The van der Waals surface area contributed by atoms with Crippen LogP contribution >= 0.6 is 27.3 Å². The van der Waals surface area contributed by atoms with Crippen molar-refractivity contribution in [1.82, 2.24) is 9.78 Å². The van der Waals surface area contributed by atoms with E-state index in [0.717, 1.165) is 7.05 Å². The van der Waals surface area contributed by atoms with Gasteiger partial charge in [0.05, 0.1) is 21.5 Å². The first-order valence-electron chi connectivity index (χ1n) is 7.61. The van der Waals surface area contributed by atoms with Crippen LogP contribution in [0.3, 0.4) is 0 Å². The lowest BCUT2D eigenvalue weighted by atomic mass is 10.1. The van der Waals surface area contributed by atoms with E-state index in [4.69, 9.17) is 10.5 Å². The molecule has 0 aromatic carbocycles. The Bertz CT molecular complexity index is 968. The second-order valence-corrected chi connectivity index (χ2v) is 7.25. The van der Waals surface area contributed by atoms with E-state index in [2.05, 4.69) is 26.3 Å². The number of amides is 2. The summed E-state index contributed by atoms with van der Waals surface area (Å²) in [4.78, 5) is 36.3. The number of aromatic nitrogens is 2. The maximum atomic E-state index is 13.1. The first kappa shape index (κ1) is 21.9. The molecule has 2 aromatic rings. The predicted molar refractivity (Wildman–Crippen MR) is 97.4 cm³/mol. The van der Waals surface area contributed by atoms with Crippen molar-refractivity contribution in [1.29, 1.82) is 0 Å². The second-order valence-electron chi connectivity index (χ2n) is 5.43. The van der Waals surface area contributed by atoms with Crippen molar-refractivity contribution >= 4 is 50.1 Å². The number of carbonyl (C=O) groups is 3. The molecule has 0 spiro atoms. The fraction of sp³-hybridized carbons (Fsp3) is 0.333. The second kappa shape index (κ2) is 7.91. The van der Waals surface area contributed by atoms with Crippen LogP contribution in [0.15, 0.2) is 4.47 Å². The quantitative estimate of drug-likeness (QED) is 0.635. The summed E-state index contributed by atoms with van der Waals surface area (Å²) in [6.45, 7) is 3.04. The Balaban J connectivity index is 2.49. The van der Waals surface area contributed by atoms with Crippen LogP contribution in [-0.4, -0.2) is 34.2 Å². The standard InChI is InChI=1S/C15H14BrF3N4O4S/c1-4-27-14(26)6-5(2)9(11(20)24)28-13(6)21-12(25)8-7(16)10(15(17,18)19)23(3)22-8/h4H2,1-3H3,(H2,20,24)(H,21,25). The maximum Gasteiger partial charge on any atom is 0.434 e. The van der Waals surface area contributed by atoms with Crippen LogP contribution in [0.2, 0.25) is 0 Å². The van der Waals surface area contributed by atoms with E-state index >= 15 is 0 Å². The largest absolute Gasteiger partial charge is 0.462 e. The van der Waals surface area contributed by atoms with Gasteiger partial charge in [0, 0.05) is 7.05 Å². The summed E-state index contributed by atoms with van der Waals surface area (Å²) in [5.41, 5.74) is 3.67. The number of nitrogens with two attached hydrogens (primary N) is 1. The summed E-state index contributed by atoms with van der Waals surface area (Å²) in [6, 6.07) is 0. The van der Waals surface area contributed by atoms with Crippen LogP contribution < -0.4 is 11.1 Å². The van der Waals surface area contributed by atoms with Crippen LogP contribution in [0.5, 0.6) is 0 Å². The number of alkyl halides is 3. The summed E-state index contributed by atoms with van der Waals surface area (Å²) in [7, 11) is 1.04. The number of primary amides is 1. The first-order valence-corrected chi connectivity index (χ1v) is 9.22. The fourth-order valence-electron chi connectivity index (χ4n) is 2.40. The zero-order valence-electron chi connectivity index (χ0n) is 14.7. The zero-order valence-corrected chi connectivity index (χ0v) is 17.1. The van der Waals surface area contributed by atoms with Gasteiger partial charge in [-0.05, 0) is 35.3 Å². The Morgan fingerprint density at radius 1 is 1.36 bits per heavy atom. The van der Waals surface area contributed by atoms with Gasteiger partial charge in [0.15, 0.2) is 11.4 Å². The number of esters is 1. The molecule has 0 saturated carbocycles. The maximum absolute atomic E-state index is 13.1. The van der Waals surface area contributed by atoms with Crippen molar-refractivity contribution in [2.24, 2.45) is 12.8 Å². The Labute approximate surface area is 169 Å². The normalized spacial score (nSPS) is 11.4. The molecule has 2 aromatic heterocycles. The number of hydrogen-bond acceptors (Lipinski definition) is 6. The number of aryl methyl sites for hydroxylation is 1. The van der Waals surface area contributed by atoms with Gasteiger partial charge in [0.1, 0.15) is 5.00 Å². The molecule has 0 radical (unpaired) electrons. The van der Waals surface area contributed by atoms with Crippen LogP contribution in [-0.2, 0) is 18.0 Å². The van der Waals surface area contributed by atoms with Gasteiger partial charge in [0.2, 0.25) is 0 Å². The monoisotopic (exact) mass is 482 g/mol. The number of halogens is 4. The molecular formula is C15H14BrF3N4O4S. The highest BCUT2D eigenvalue weighted by atomic mass is 79.9. The highest BCUT2D eigenvalue weighted by Gasteiger charge is 2.40. The van der Waals surface area contributed by atoms with E-state index in [1.54, 1.807) is 6.92 Å². The first-order chi connectivity index (χ1) is 12.9. The highest BCUT2D eigenvalue weighted by molar-refractivity contribution is 9.10. The number of thiophene rings is 1. The summed E-state index contributed by atoms with van der Waals surface area (Å²) < 4.78 is 44.1. The Hall–Kier alpha value is -2.41. The smallest absolute Gasteiger partial charge is 0.434 e. The highest BCUT2D eigenvalue weighted by Crippen LogP contribution is 2.37. The molecular weight excluding hydrogens is 469 g/mol. The third kappa shape index (κ3) is 4.04. The minimum absolute atomic E-state index is 0.00872. The molecule has 13 heteroatoms. The number of carbonyl (C=O) groups excluding carboxylic acids is 3. The minimum atomic E-state index is -4.74. The van der Waals surface area contributed by atoms with Gasteiger partial charge in [-0.2, -0.15) is 18.3 Å². The Kier molecular flexibility index (Phi) is 6.18. The average Bonchev–Trinajstić information content (AvgIpc) is 3.03. The fourth-order valence-corrected chi connectivity index (χ4v) is 4.18. The lowest BCUT2D eigenvalue weighted by Crippen LogP contribution is -2.16. The zero-order chi connectivity index (χ0) is 21.4. The van der Waals surface area contributed by atoms with E-state index in [1.807, 2.05) is 0 Å². The Morgan fingerprint density at radius 2 is 1.96 bits per heavy atom. The van der Waals surface area contributed by atoms with Gasteiger partial charge >= 0.3 is 12.1 Å². The summed E-state index contributed by atoms with van der Waals surface area (Å²) in [6.07, 6.45) is -4.74. The van der Waals surface area contributed by atoms with Gasteiger partial charge in [-0.15, -0.1) is 11.3 Å². The van der Waals surface area contributed by atoms with Crippen molar-refractivity contribution in [3.8, 4) is 0 Å². The van der Waals surface area contributed by atoms with Crippen molar-refractivity contribution in [3.05, 3.63) is 31.9 Å². The molecule has 0 aliphatic rings. The molecule has 0 aliphatic heterocycles. The molecule has 152 valence electrons. The summed E-state index contributed by atoms with van der Waals surface area (Å²) in [5.74, 6) is -2.65. The number of nitrogens with one attached hydrogen (secondary N) is 1. The molecule has 0 aliphatic carbocycles. The van der Waals surface area contributed by atoms with E-state index in [-0.39, 0.29) is 27.6 Å². The van der Waals surface area contributed by atoms with E-state index in [1.165, 1.54) is 6.92 Å². The molecule has 0 atom stereocenters. The number of nitrogens with zero attached hydrogens (tertiary/aromatic N) is 2. The number of ether oxygens (including phenoxy) is 1. The molecule has 2 amide bonds. The predicted octanol–water partition coefficient (Wildman–Crippen LogP) is 3.10. The van der Waals surface area contributed by atoms with Crippen molar-refractivity contribution < 1.29 is 32.3 Å². The lowest BCUT2D eigenvalue weighted by molar-refractivity contribution is -0.144. The van der Waals surface area contributed by atoms with Gasteiger partial charge in [-0.3, -0.25) is 14.3 Å². The molecule has 8 nitrogen and oxygen atoms in total. The molecule has 0 saturated heterocycles. The SMILES string of the molecule is CCOC(=O)c1c(NC(=O)c2nn(C)c(C(F)(F)F)c2Br)sc(C(N)=O)c1C. The van der Waals surface area contributed by atoms with Crippen LogP contribution in [0.25, 0.3) is 0 Å². The Morgan fingerprint density at radius 3 is 2.43 bits per heavy atom. The van der Waals surface area contributed by atoms with Gasteiger partial charge in [-0.1, -0.05) is 0 Å². The molecule has 0 fully saturated rings. The molecule has 3 N–H and O–H groups in total. The summed E-state index contributed by atoms with van der Waals surface area (Å²) in [5, 5.41) is 5.81. The van der Waals surface area contributed by atoms with Gasteiger partial charge in [-0.25, -0.2) is 4.79 Å². The van der Waals surface area contributed by atoms with Crippen molar-refractivity contribution in [3.63, 3.8) is 0 Å². The van der Waals surface area contributed by atoms with Crippen molar-refractivity contribution in [2.45, 2.75) is 20.0 Å². The van der Waals surface area contributed by atoms with Gasteiger partial charge in [0.25, 0.3) is 11.8 Å². The average molecular weight is 483 g/mol. The third-order valence-electron chi connectivity index (χ3n) is 3.55. The molecule has 0 unspecified atom stereocenters. The molecule has 2 heterocycles. The third-order valence-corrected chi connectivity index (χ3v) is 5.52. The van der Waals surface area contributed by atoms with E-state index < -0.39 is 39.8 Å². The van der Waals surface area contributed by atoms with Crippen LogP contribution in [0.1, 0.15) is 48.7 Å². The summed E-state index contributed by atoms with van der Waals surface area (Å²) >= 11 is 3.45. The lowest BCUT2D eigenvalue weighted by Gasteiger charge is -2.07. The van der Waals surface area contributed by atoms with Gasteiger partial charge < -0.3 is 15.8 Å². The topological polar surface area (TPSA) is 116 Å². The number of hydrogen-bond donors (Lipinski definition) is 2. The molecule has 2 rings (SSSR count). The number of rotatable bonds is 5. The molecule has 0 bridgehead atoms. The number of anilines is 1. The van der Waals surface area contributed by atoms with Crippen LogP contribution in [0, 0.1) is 6.92 Å². The minimum Gasteiger partial charge on any atom is -0.462 e. The van der Waals surface area contributed by atoms with Crippen molar-refractivity contribution in [2.75, 3.05) is 11.9 Å². The van der Waals surface area contributed by atoms with E-state index in [9.17, 15) is 27.6 Å².